The average molecular weight is 289 g/mol. The number of unbranched alkanes of at least 4 members (excludes halogenated alkanes) is 1. The molecule has 2 aromatic rings. The molecule has 1 heterocycles. The molecule has 1 aromatic heterocycles. The van der Waals surface area contributed by atoms with Crippen LogP contribution in [0, 0.1) is 0 Å². The lowest BCUT2D eigenvalue weighted by molar-refractivity contribution is 0.510. The van der Waals surface area contributed by atoms with Crippen molar-refractivity contribution in [2.75, 3.05) is 12.3 Å². The van der Waals surface area contributed by atoms with Gasteiger partial charge in [-0.25, -0.2) is 9.97 Å². The second-order valence-electron chi connectivity index (χ2n) is 5.00. The van der Waals surface area contributed by atoms with Gasteiger partial charge < -0.3 is 5.32 Å². The topological polar surface area (TPSA) is 37.8 Å². The predicted octanol–water partition coefficient (Wildman–Crippen LogP) is 3.89. The summed E-state index contributed by atoms with van der Waals surface area (Å²) < 4.78 is 0. The largest absolute Gasteiger partial charge is 0.315 e. The van der Waals surface area contributed by atoms with Gasteiger partial charge >= 0.3 is 0 Å². The molecule has 0 bridgehead atoms. The van der Waals surface area contributed by atoms with Crippen molar-refractivity contribution in [2.45, 2.75) is 44.2 Å². The summed E-state index contributed by atoms with van der Waals surface area (Å²) in [6.45, 7) is 5.48. The Bertz CT molecular complexity index is 525. The lowest BCUT2D eigenvalue weighted by Crippen LogP contribution is -2.25. The van der Waals surface area contributed by atoms with Crippen molar-refractivity contribution in [3.63, 3.8) is 0 Å². The SMILES string of the molecule is CCNC(C)CCCCSc1ncnc2ccccc12. The summed E-state index contributed by atoms with van der Waals surface area (Å²) in [4.78, 5) is 8.71. The van der Waals surface area contributed by atoms with Crippen molar-refractivity contribution in [1.82, 2.24) is 15.3 Å². The fourth-order valence-electron chi connectivity index (χ4n) is 2.27. The third kappa shape index (κ3) is 4.46. The lowest BCUT2D eigenvalue weighted by atomic mass is 10.1. The van der Waals surface area contributed by atoms with Crippen LogP contribution < -0.4 is 5.32 Å². The molecular formula is C16H23N3S. The molecule has 0 radical (unpaired) electrons. The minimum Gasteiger partial charge on any atom is -0.315 e. The maximum absolute atomic E-state index is 4.41. The summed E-state index contributed by atoms with van der Waals surface area (Å²) in [5, 5.41) is 5.73. The fourth-order valence-corrected chi connectivity index (χ4v) is 3.26. The van der Waals surface area contributed by atoms with Crippen molar-refractivity contribution in [2.24, 2.45) is 0 Å². The minimum absolute atomic E-state index is 0.630. The highest BCUT2D eigenvalue weighted by atomic mass is 32.2. The average Bonchev–Trinajstić information content (AvgIpc) is 2.47. The Morgan fingerprint density at radius 3 is 2.90 bits per heavy atom. The summed E-state index contributed by atoms with van der Waals surface area (Å²) in [6.07, 6.45) is 5.42. The van der Waals surface area contributed by atoms with Crippen LogP contribution in [0.2, 0.25) is 0 Å². The van der Waals surface area contributed by atoms with Gasteiger partial charge in [-0.3, -0.25) is 0 Å². The van der Waals surface area contributed by atoms with Crippen molar-refractivity contribution < 1.29 is 0 Å². The van der Waals surface area contributed by atoms with E-state index in [4.69, 9.17) is 0 Å². The van der Waals surface area contributed by atoms with E-state index in [0.29, 0.717) is 6.04 Å². The molecule has 4 heteroatoms. The van der Waals surface area contributed by atoms with Crippen molar-refractivity contribution in [3.8, 4) is 0 Å². The summed E-state index contributed by atoms with van der Waals surface area (Å²) in [5.74, 6) is 1.12. The van der Waals surface area contributed by atoms with Crippen LogP contribution in [0.15, 0.2) is 35.6 Å². The van der Waals surface area contributed by atoms with Crippen LogP contribution in [0.5, 0.6) is 0 Å². The van der Waals surface area contributed by atoms with E-state index in [9.17, 15) is 0 Å². The number of fused-ring (bicyclic) bond motifs is 1. The van der Waals surface area contributed by atoms with Crippen LogP contribution in [0.3, 0.4) is 0 Å². The molecule has 0 amide bonds. The molecule has 3 nitrogen and oxygen atoms in total. The molecule has 1 unspecified atom stereocenters. The maximum atomic E-state index is 4.41. The van der Waals surface area contributed by atoms with E-state index in [1.165, 1.54) is 24.6 Å². The van der Waals surface area contributed by atoms with E-state index in [0.717, 1.165) is 22.8 Å². The Hall–Kier alpha value is -1.13. The number of nitrogens with zero attached hydrogens (tertiary/aromatic N) is 2. The molecule has 1 atom stereocenters. The molecule has 108 valence electrons. The molecule has 0 aliphatic heterocycles. The summed E-state index contributed by atoms with van der Waals surface area (Å²) in [7, 11) is 0. The van der Waals surface area contributed by atoms with Gasteiger partial charge in [0.25, 0.3) is 0 Å². The van der Waals surface area contributed by atoms with Crippen LogP contribution in [0.25, 0.3) is 10.9 Å². The van der Waals surface area contributed by atoms with Crippen LogP contribution in [-0.4, -0.2) is 28.3 Å². The molecule has 0 saturated heterocycles. The van der Waals surface area contributed by atoms with Gasteiger partial charge in [-0.15, -0.1) is 11.8 Å². The Morgan fingerprint density at radius 1 is 1.20 bits per heavy atom. The van der Waals surface area contributed by atoms with E-state index in [1.807, 2.05) is 30.0 Å². The normalized spacial score (nSPS) is 12.7. The standard InChI is InChI=1S/C16H23N3S/c1-3-17-13(2)8-6-7-11-20-16-14-9-4-5-10-15(14)18-12-19-16/h4-5,9-10,12-13,17H,3,6-8,11H2,1-2H3. The van der Waals surface area contributed by atoms with Gasteiger partial charge in [0.15, 0.2) is 0 Å². The highest BCUT2D eigenvalue weighted by Gasteiger charge is 2.04. The van der Waals surface area contributed by atoms with Gasteiger partial charge in [-0.1, -0.05) is 31.5 Å². The van der Waals surface area contributed by atoms with Crippen LogP contribution in [0.4, 0.5) is 0 Å². The second-order valence-corrected chi connectivity index (χ2v) is 6.08. The number of hydrogen-bond acceptors (Lipinski definition) is 4. The van der Waals surface area contributed by atoms with Crippen molar-refractivity contribution in [1.29, 1.82) is 0 Å². The Kier molecular flexibility index (Phi) is 6.27. The second kappa shape index (κ2) is 8.22. The smallest absolute Gasteiger partial charge is 0.117 e. The quantitative estimate of drug-likeness (QED) is 0.454. The Balaban J connectivity index is 1.79. The molecule has 0 saturated carbocycles. The van der Waals surface area contributed by atoms with Gasteiger partial charge in [0.2, 0.25) is 0 Å². The first-order valence-electron chi connectivity index (χ1n) is 7.37. The molecule has 1 N–H and O–H groups in total. The number of benzene rings is 1. The van der Waals surface area contributed by atoms with Gasteiger partial charge in [-0.05, 0) is 38.1 Å². The summed E-state index contributed by atoms with van der Waals surface area (Å²) in [5.41, 5.74) is 1.03. The highest BCUT2D eigenvalue weighted by Crippen LogP contribution is 2.25. The van der Waals surface area contributed by atoms with Crippen LogP contribution in [0.1, 0.15) is 33.1 Å². The number of rotatable bonds is 8. The molecule has 0 fully saturated rings. The van der Waals surface area contributed by atoms with E-state index in [1.54, 1.807) is 6.33 Å². The number of aromatic nitrogens is 2. The van der Waals surface area contributed by atoms with E-state index in [-0.39, 0.29) is 0 Å². The van der Waals surface area contributed by atoms with Gasteiger partial charge in [0, 0.05) is 11.4 Å². The van der Waals surface area contributed by atoms with Gasteiger partial charge in [-0.2, -0.15) is 0 Å². The summed E-state index contributed by atoms with van der Waals surface area (Å²) in [6, 6.07) is 8.84. The van der Waals surface area contributed by atoms with E-state index < -0.39 is 0 Å². The number of nitrogens with one attached hydrogen (secondary N) is 1. The van der Waals surface area contributed by atoms with E-state index in [2.05, 4.69) is 35.2 Å². The van der Waals surface area contributed by atoms with Crippen molar-refractivity contribution >= 4 is 22.7 Å². The predicted molar refractivity (Wildman–Crippen MR) is 87.3 cm³/mol. The fraction of sp³-hybridized carbons (Fsp3) is 0.500. The Labute approximate surface area is 125 Å². The third-order valence-electron chi connectivity index (χ3n) is 3.33. The molecule has 0 aliphatic rings. The van der Waals surface area contributed by atoms with Gasteiger partial charge in [0.05, 0.1) is 5.52 Å². The zero-order chi connectivity index (χ0) is 14.2. The molecular weight excluding hydrogens is 266 g/mol. The van der Waals surface area contributed by atoms with Gasteiger partial charge in [0.1, 0.15) is 11.4 Å². The maximum Gasteiger partial charge on any atom is 0.117 e. The molecule has 0 spiro atoms. The number of hydrogen-bond donors (Lipinski definition) is 1. The molecule has 1 aromatic carbocycles. The summed E-state index contributed by atoms with van der Waals surface area (Å²) >= 11 is 1.84. The third-order valence-corrected chi connectivity index (χ3v) is 4.42. The molecule has 0 aliphatic carbocycles. The lowest BCUT2D eigenvalue weighted by Gasteiger charge is -2.11. The first-order valence-corrected chi connectivity index (χ1v) is 8.35. The first-order chi connectivity index (χ1) is 9.81. The highest BCUT2D eigenvalue weighted by molar-refractivity contribution is 7.99. The first kappa shape index (κ1) is 15.3. The zero-order valence-corrected chi connectivity index (χ0v) is 13.1. The monoisotopic (exact) mass is 289 g/mol. The molecule has 20 heavy (non-hydrogen) atoms. The molecule has 2 rings (SSSR count). The Morgan fingerprint density at radius 2 is 2.05 bits per heavy atom. The minimum atomic E-state index is 0.630. The number of thioether (sulfide) groups is 1. The van der Waals surface area contributed by atoms with E-state index >= 15 is 0 Å². The van der Waals surface area contributed by atoms with Crippen LogP contribution in [-0.2, 0) is 0 Å². The zero-order valence-electron chi connectivity index (χ0n) is 12.3. The van der Waals surface area contributed by atoms with Crippen molar-refractivity contribution in [3.05, 3.63) is 30.6 Å². The van der Waals surface area contributed by atoms with Crippen LogP contribution >= 0.6 is 11.8 Å². The number of para-hydroxylation sites is 1.